The summed E-state index contributed by atoms with van der Waals surface area (Å²) in [5.41, 5.74) is 2.74. The smallest absolute Gasteiger partial charge is 0.408 e. The van der Waals surface area contributed by atoms with Crippen LogP contribution in [-0.4, -0.2) is 16.1 Å². The van der Waals surface area contributed by atoms with E-state index < -0.39 is 29.9 Å². The SMILES string of the molecule is O=C1N[C@H](c2cncc(-c3cccnc3)c2)[C@@H](c2ccc(F)c(F)c2)O1. The third-order valence-corrected chi connectivity index (χ3v) is 4.20. The van der Waals surface area contributed by atoms with Crippen LogP contribution in [0.25, 0.3) is 11.1 Å². The van der Waals surface area contributed by atoms with E-state index in [9.17, 15) is 13.6 Å². The molecule has 3 heterocycles. The Bertz CT molecular complexity index is 966. The third-order valence-electron chi connectivity index (χ3n) is 4.20. The van der Waals surface area contributed by atoms with Gasteiger partial charge in [0.15, 0.2) is 17.7 Å². The number of aromatic nitrogens is 2. The highest BCUT2D eigenvalue weighted by Crippen LogP contribution is 2.37. The van der Waals surface area contributed by atoms with Gasteiger partial charge in [0.25, 0.3) is 0 Å². The number of carbonyl (C=O) groups is 1. The minimum atomic E-state index is -0.994. The fraction of sp³-hybridized carbons (Fsp3) is 0.105. The van der Waals surface area contributed by atoms with Crippen molar-refractivity contribution in [3.63, 3.8) is 0 Å². The largest absolute Gasteiger partial charge is 0.439 e. The molecule has 0 aliphatic carbocycles. The molecule has 130 valence electrons. The molecule has 5 nitrogen and oxygen atoms in total. The number of hydrogen-bond donors (Lipinski definition) is 1. The van der Waals surface area contributed by atoms with Crippen molar-refractivity contribution in [1.82, 2.24) is 15.3 Å². The summed E-state index contributed by atoms with van der Waals surface area (Å²) in [6.07, 6.45) is 5.25. The molecule has 1 amide bonds. The predicted molar refractivity (Wildman–Crippen MR) is 88.9 cm³/mol. The van der Waals surface area contributed by atoms with E-state index in [1.54, 1.807) is 24.8 Å². The summed E-state index contributed by atoms with van der Waals surface area (Å²) in [5, 5.41) is 2.70. The van der Waals surface area contributed by atoms with Gasteiger partial charge in [-0.05, 0) is 35.4 Å². The molecule has 26 heavy (non-hydrogen) atoms. The molecule has 2 atom stereocenters. The topological polar surface area (TPSA) is 64.1 Å². The number of hydrogen-bond acceptors (Lipinski definition) is 4. The first-order chi connectivity index (χ1) is 12.6. The first kappa shape index (κ1) is 16.1. The Hall–Kier alpha value is -3.35. The number of nitrogens with one attached hydrogen (secondary N) is 1. The van der Waals surface area contributed by atoms with Crippen molar-refractivity contribution in [2.75, 3.05) is 0 Å². The zero-order valence-corrected chi connectivity index (χ0v) is 13.4. The number of nitrogens with zero attached hydrogens (tertiary/aromatic N) is 2. The summed E-state index contributed by atoms with van der Waals surface area (Å²) in [6.45, 7) is 0. The first-order valence-electron chi connectivity index (χ1n) is 7.89. The van der Waals surface area contributed by atoms with Crippen molar-refractivity contribution in [1.29, 1.82) is 0 Å². The molecule has 1 saturated heterocycles. The van der Waals surface area contributed by atoms with Crippen LogP contribution < -0.4 is 5.32 Å². The van der Waals surface area contributed by atoms with E-state index in [4.69, 9.17) is 4.74 Å². The van der Waals surface area contributed by atoms with Gasteiger partial charge in [-0.25, -0.2) is 13.6 Å². The number of halogens is 2. The van der Waals surface area contributed by atoms with Gasteiger partial charge in [-0.3, -0.25) is 9.97 Å². The molecule has 4 rings (SSSR count). The molecule has 0 saturated carbocycles. The lowest BCUT2D eigenvalue weighted by Crippen LogP contribution is -2.19. The molecule has 2 aromatic heterocycles. The minimum absolute atomic E-state index is 0.360. The Kier molecular flexibility index (Phi) is 4.04. The number of carbonyl (C=O) groups excluding carboxylic acids is 1. The molecule has 0 unspecified atom stereocenters. The van der Waals surface area contributed by atoms with E-state index in [-0.39, 0.29) is 0 Å². The second-order valence-electron chi connectivity index (χ2n) is 5.87. The molecular weight excluding hydrogens is 340 g/mol. The van der Waals surface area contributed by atoms with E-state index in [1.807, 2.05) is 18.2 Å². The number of ether oxygens (including phenoxy) is 1. The minimum Gasteiger partial charge on any atom is -0.439 e. The van der Waals surface area contributed by atoms with E-state index in [1.165, 1.54) is 6.07 Å². The molecule has 1 aliphatic heterocycles. The van der Waals surface area contributed by atoms with Gasteiger partial charge in [-0.1, -0.05) is 12.1 Å². The van der Waals surface area contributed by atoms with Crippen molar-refractivity contribution in [2.45, 2.75) is 12.1 Å². The van der Waals surface area contributed by atoms with Gasteiger partial charge in [-0.15, -0.1) is 0 Å². The number of rotatable bonds is 3. The van der Waals surface area contributed by atoms with Crippen LogP contribution in [0.15, 0.2) is 61.2 Å². The summed E-state index contributed by atoms with van der Waals surface area (Å²) in [4.78, 5) is 20.1. The standard InChI is InChI=1S/C19H13F2N3O2/c20-15-4-3-11(7-16(15)21)18-17(24-19(25)26-18)14-6-13(9-23-10-14)12-2-1-5-22-8-12/h1-10,17-18H,(H,24,25)/t17-,18-/m1/s1. The van der Waals surface area contributed by atoms with Crippen LogP contribution in [0.5, 0.6) is 0 Å². The number of pyridine rings is 2. The van der Waals surface area contributed by atoms with Crippen LogP contribution in [0.1, 0.15) is 23.3 Å². The van der Waals surface area contributed by atoms with E-state index in [0.29, 0.717) is 11.1 Å². The summed E-state index contributed by atoms with van der Waals surface area (Å²) < 4.78 is 32.1. The molecule has 7 heteroatoms. The van der Waals surface area contributed by atoms with Gasteiger partial charge in [0.2, 0.25) is 0 Å². The quantitative estimate of drug-likeness (QED) is 0.775. The fourth-order valence-corrected chi connectivity index (χ4v) is 2.95. The van der Waals surface area contributed by atoms with Crippen LogP contribution >= 0.6 is 0 Å². The second-order valence-corrected chi connectivity index (χ2v) is 5.87. The Morgan fingerprint density at radius 3 is 2.54 bits per heavy atom. The van der Waals surface area contributed by atoms with Crippen molar-refractivity contribution in [3.8, 4) is 11.1 Å². The lowest BCUT2D eigenvalue weighted by Gasteiger charge is -2.18. The highest BCUT2D eigenvalue weighted by atomic mass is 19.2. The molecule has 0 spiro atoms. The van der Waals surface area contributed by atoms with Crippen LogP contribution in [0.2, 0.25) is 0 Å². The predicted octanol–water partition coefficient (Wildman–Crippen LogP) is 3.94. The monoisotopic (exact) mass is 353 g/mol. The van der Waals surface area contributed by atoms with E-state index in [2.05, 4.69) is 15.3 Å². The number of amides is 1. The zero-order valence-electron chi connectivity index (χ0n) is 13.4. The van der Waals surface area contributed by atoms with Gasteiger partial charge in [-0.2, -0.15) is 0 Å². The maximum absolute atomic E-state index is 13.6. The van der Waals surface area contributed by atoms with Crippen molar-refractivity contribution in [3.05, 3.63) is 83.9 Å². The van der Waals surface area contributed by atoms with Gasteiger partial charge < -0.3 is 10.1 Å². The van der Waals surface area contributed by atoms with Crippen LogP contribution in [-0.2, 0) is 4.74 Å². The third kappa shape index (κ3) is 2.99. The molecule has 0 radical (unpaired) electrons. The molecule has 1 fully saturated rings. The Morgan fingerprint density at radius 2 is 1.77 bits per heavy atom. The number of benzene rings is 1. The fourth-order valence-electron chi connectivity index (χ4n) is 2.95. The summed E-state index contributed by atoms with van der Waals surface area (Å²) in [7, 11) is 0. The Morgan fingerprint density at radius 1 is 0.923 bits per heavy atom. The molecule has 1 aliphatic rings. The average molecular weight is 353 g/mol. The maximum atomic E-state index is 13.6. The summed E-state index contributed by atoms with van der Waals surface area (Å²) in [6, 6.07) is 8.43. The van der Waals surface area contributed by atoms with Crippen molar-refractivity contribution >= 4 is 6.09 Å². The average Bonchev–Trinajstić information content (AvgIpc) is 3.07. The van der Waals surface area contributed by atoms with Gasteiger partial charge in [0, 0.05) is 35.9 Å². The van der Waals surface area contributed by atoms with Crippen LogP contribution in [0.4, 0.5) is 13.6 Å². The van der Waals surface area contributed by atoms with Crippen LogP contribution in [0, 0.1) is 11.6 Å². The maximum Gasteiger partial charge on any atom is 0.408 e. The van der Waals surface area contributed by atoms with Crippen LogP contribution in [0.3, 0.4) is 0 Å². The highest BCUT2D eigenvalue weighted by molar-refractivity contribution is 5.71. The number of alkyl carbamates (subject to hydrolysis) is 1. The summed E-state index contributed by atoms with van der Waals surface area (Å²) >= 11 is 0. The first-order valence-corrected chi connectivity index (χ1v) is 7.89. The normalized spacial score (nSPS) is 19.1. The molecule has 1 N–H and O–H groups in total. The Balaban J connectivity index is 1.71. The zero-order chi connectivity index (χ0) is 18.1. The van der Waals surface area contributed by atoms with E-state index in [0.717, 1.165) is 23.3 Å². The van der Waals surface area contributed by atoms with Gasteiger partial charge >= 0.3 is 6.09 Å². The Labute approximate surface area is 147 Å². The number of cyclic esters (lactones) is 1. The molecule has 0 bridgehead atoms. The highest BCUT2D eigenvalue weighted by Gasteiger charge is 2.37. The van der Waals surface area contributed by atoms with Crippen molar-refractivity contribution in [2.24, 2.45) is 0 Å². The van der Waals surface area contributed by atoms with Gasteiger partial charge in [0.1, 0.15) is 6.04 Å². The molecular formula is C19H13F2N3O2. The van der Waals surface area contributed by atoms with E-state index >= 15 is 0 Å². The summed E-state index contributed by atoms with van der Waals surface area (Å²) in [5.74, 6) is -1.95. The second kappa shape index (κ2) is 6.51. The van der Waals surface area contributed by atoms with Crippen molar-refractivity contribution < 1.29 is 18.3 Å². The molecule has 3 aromatic rings. The lowest BCUT2D eigenvalue weighted by atomic mass is 9.96. The molecule has 1 aromatic carbocycles. The lowest BCUT2D eigenvalue weighted by molar-refractivity contribution is 0.132. The van der Waals surface area contributed by atoms with Gasteiger partial charge in [0.05, 0.1) is 0 Å².